The van der Waals surface area contributed by atoms with Gasteiger partial charge in [-0.2, -0.15) is 13.2 Å². The van der Waals surface area contributed by atoms with E-state index in [4.69, 9.17) is 16.3 Å². The van der Waals surface area contributed by atoms with Crippen LogP contribution in [0.2, 0.25) is 5.02 Å². The van der Waals surface area contributed by atoms with E-state index >= 15 is 0 Å². The molecule has 0 amide bonds. The van der Waals surface area contributed by atoms with E-state index in [-0.39, 0.29) is 18.1 Å². The maximum absolute atomic E-state index is 12.9. The minimum Gasteiger partial charge on any atom is -0.370 e. The van der Waals surface area contributed by atoms with Gasteiger partial charge in [-0.05, 0) is 30.7 Å². The second-order valence-electron chi connectivity index (χ2n) is 5.62. The molecule has 1 aliphatic heterocycles. The zero-order valence-corrected chi connectivity index (χ0v) is 13.6. The molecule has 0 saturated carbocycles. The Bertz CT molecular complexity index is 726. The first-order valence-electron chi connectivity index (χ1n) is 7.38. The molecule has 1 aliphatic rings. The minimum atomic E-state index is -4.50. The SMILES string of the molecule is CC1COC(c2cccc(Cl)c2)CN1c1nccc(C(F)(F)F)n1. The number of hydrogen-bond donors (Lipinski definition) is 0. The van der Waals surface area contributed by atoms with Gasteiger partial charge in [0.1, 0.15) is 11.8 Å². The van der Waals surface area contributed by atoms with E-state index in [0.717, 1.165) is 17.8 Å². The van der Waals surface area contributed by atoms with Gasteiger partial charge in [0.15, 0.2) is 0 Å². The zero-order chi connectivity index (χ0) is 17.3. The van der Waals surface area contributed by atoms with Gasteiger partial charge in [-0.1, -0.05) is 23.7 Å². The van der Waals surface area contributed by atoms with Crippen molar-refractivity contribution in [3.63, 3.8) is 0 Å². The number of hydrogen-bond acceptors (Lipinski definition) is 4. The molecule has 0 spiro atoms. The second kappa shape index (κ2) is 6.57. The monoisotopic (exact) mass is 357 g/mol. The van der Waals surface area contributed by atoms with Gasteiger partial charge >= 0.3 is 6.18 Å². The minimum absolute atomic E-state index is 0.0488. The maximum Gasteiger partial charge on any atom is 0.433 e. The number of nitrogens with zero attached hydrogens (tertiary/aromatic N) is 3. The second-order valence-corrected chi connectivity index (χ2v) is 6.05. The van der Waals surface area contributed by atoms with Gasteiger partial charge in [0.25, 0.3) is 0 Å². The first-order chi connectivity index (χ1) is 11.3. The predicted octanol–water partition coefficient (Wildman–Crippen LogP) is 4.12. The summed E-state index contributed by atoms with van der Waals surface area (Å²) in [6.07, 6.45) is -3.68. The Morgan fingerprint density at radius 1 is 1.29 bits per heavy atom. The molecule has 3 rings (SSSR count). The molecule has 1 saturated heterocycles. The third-order valence-electron chi connectivity index (χ3n) is 3.84. The number of morpholine rings is 1. The lowest BCUT2D eigenvalue weighted by Crippen LogP contribution is -2.46. The van der Waals surface area contributed by atoms with Gasteiger partial charge in [0, 0.05) is 11.2 Å². The van der Waals surface area contributed by atoms with Crippen LogP contribution in [0.4, 0.5) is 19.1 Å². The molecule has 2 atom stereocenters. The number of rotatable bonds is 2. The zero-order valence-electron chi connectivity index (χ0n) is 12.8. The van der Waals surface area contributed by atoms with Gasteiger partial charge in [-0.3, -0.25) is 0 Å². The number of benzene rings is 1. The van der Waals surface area contributed by atoms with E-state index in [1.807, 2.05) is 19.1 Å². The summed E-state index contributed by atoms with van der Waals surface area (Å²) in [7, 11) is 0. The van der Waals surface area contributed by atoms with E-state index in [1.54, 1.807) is 17.0 Å². The molecule has 1 aromatic carbocycles. The lowest BCUT2D eigenvalue weighted by atomic mass is 10.1. The Hall–Kier alpha value is -1.86. The van der Waals surface area contributed by atoms with E-state index in [1.165, 1.54) is 0 Å². The lowest BCUT2D eigenvalue weighted by Gasteiger charge is -2.38. The predicted molar refractivity (Wildman–Crippen MR) is 84.0 cm³/mol. The Morgan fingerprint density at radius 2 is 2.08 bits per heavy atom. The molecule has 1 fully saturated rings. The molecule has 8 heteroatoms. The van der Waals surface area contributed by atoms with Crippen LogP contribution in [0.15, 0.2) is 36.5 Å². The quantitative estimate of drug-likeness (QED) is 0.810. The highest BCUT2D eigenvalue weighted by molar-refractivity contribution is 6.30. The Kier molecular flexibility index (Phi) is 4.64. The molecular weight excluding hydrogens is 343 g/mol. The topological polar surface area (TPSA) is 38.2 Å². The molecule has 1 aromatic heterocycles. The summed E-state index contributed by atoms with van der Waals surface area (Å²) in [5, 5.41) is 0.580. The summed E-state index contributed by atoms with van der Waals surface area (Å²) in [4.78, 5) is 9.40. The van der Waals surface area contributed by atoms with Crippen LogP contribution in [-0.4, -0.2) is 29.2 Å². The lowest BCUT2D eigenvalue weighted by molar-refractivity contribution is -0.141. The molecule has 0 N–H and O–H groups in total. The van der Waals surface area contributed by atoms with Crippen LogP contribution < -0.4 is 4.90 Å². The van der Waals surface area contributed by atoms with Crippen LogP contribution in [0.25, 0.3) is 0 Å². The van der Waals surface area contributed by atoms with Crippen molar-refractivity contribution in [3.8, 4) is 0 Å². The van der Waals surface area contributed by atoms with Crippen molar-refractivity contribution >= 4 is 17.5 Å². The van der Waals surface area contributed by atoms with Crippen molar-refractivity contribution in [2.75, 3.05) is 18.1 Å². The van der Waals surface area contributed by atoms with E-state index in [0.29, 0.717) is 18.2 Å². The number of aromatic nitrogens is 2. The maximum atomic E-state index is 12.9. The summed E-state index contributed by atoms with van der Waals surface area (Å²) in [6, 6.07) is 7.95. The van der Waals surface area contributed by atoms with Crippen molar-refractivity contribution in [2.45, 2.75) is 25.2 Å². The molecule has 2 unspecified atom stereocenters. The van der Waals surface area contributed by atoms with E-state index in [9.17, 15) is 13.2 Å². The normalized spacial score (nSPS) is 21.8. The molecular formula is C16H15ClF3N3O. The van der Waals surface area contributed by atoms with Crippen LogP contribution in [0.5, 0.6) is 0 Å². The summed E-state index contributed by atoms with van der Waals surface area (Å²) >= 11 is 6.00. The fourth-order valence-electron chi connectivity index (χ4n) is 2.59. The van der Waals surface area contributed by atoms with Gasteiger partial charge in [0.05, 0.1) is 19.2 Å². The Morgan fingerprint density at radius 3 is 2.79 bits per heavy atom. The molecule has 2 aromatic rings. The van der Waals surface area contributed by atoms with Crippen LogP contribution in [0, 0.1) is 0 Å². The average molecular weight is 358 g/mol. The van der Waals surface area contributed by atoms with E-state index in [2.05, 4.69) is 9.97 Å². The largest absolute Gasteiger partial charge is 0.433 e. The molecule has 4 nitrogen and oxygen atoms in total. The van der Waals surface area contributed by atoms with Crippen molar-refractivity contribution in [3.05, 3.63) is 52.8 Å². The average Bonchev–Trinajstić information content (AvgIpc) is 2.54. The Balaban J connectivity index is 1.87. The van der Waals surface area contributed by atoms with Gasteiger partial charge in [0.2, 0.25) is 5.95 Å². The number of halogens is 4. The highest BCUT2D eigenvalue weighted by Crippen LogP contribution is 2.31. The Labute approximate surface area is 142 Å². The van der Waals surface area contributed by atoms with E-state index < -0.39 is 11.9 Å². The van der Waals surface area contributed by atoms with Crippen molar-refractivity contribution < 1.29 is 17.9 Å². The molecule has 128 valence electrons. The molecule has 24 heavy (non-hydrogen) atoms. The third kappa shape index (κ3) is 3.62. The fourth-order valence-corrected chi connectivity index (χ4v) is 2.79. The number of ether oxygens (including phenoxy) is 1. The highest BCUT2D eigenvalue weighted by Gasteiger charge is 2.35. The van der Waals surface area contributed by atoms with Crippen LogP contribution >= 0.6 is 11.6 Å². The van der Waals surface area contributed by atoms with Crippen molar-refractivity contribution in [2.24, 2.45) is 0 Å². The summed E-state index contributed by atoms with van der Waals surface area (Å²) in [5.41, 5.74) is -0.0862. The van der Waals surface area contributed by atoms with Crippen LogP contribution in [-0.2, 0) is 10.9 Å². The summed E-state index contributed by atoms with van der Waals surface area (Å²) < 4.78 is 44.4. The first kappa shape index (κ1) is 17.0. The van der Waals surface area contributed by atoms with Gasteiger partial charge < -0.3 is 9.64 Å². The number of alkyl halides is 3. The molecule has 0 bridgehead atoms. The molecule has 0 aliphatic carbocycles. The van der Waals surface area contributed by atoms with Crippen LogP contribution in [0.3, 0.4) is 0 Å². The standard InChI is InChI=1S/C16H15ClF3N3O/c1-10-9-24-13(11-3-2-4-12(17)7-11)8-23(10)15-21-6-5-14(22-15)16(18,19)20/h2-7,10,13H,8-9H2,1H3. The number of anilines is 1. The van der Waals surface area contributed by atoms with Crippen molar-refractivity contribution in [1.82, 2.24) is 9.97 Å². The van der Waals surface area contributed by atoms with Crippen LogP contribution in [0.1, 0.15) is 24.3 Å². The molecule has 2 heterocycles. The van der Waals surface area contributed by atoms with Gasteiger partial charge in [-0.15, -0.1) is 0 Å². The molecule has 0 radical (unpaired) electrons. The smallest absolute Gasteiger partial charge is 0.370 e. The van der Waals surface area contributed by atoms with Gasteiger partial charge in [-0.25, -0.2) is 9.97 Å². The summed E-state index contributed by atoms with van der Waals surface area (Å²) in [5.74, 6) is 0.0488. The van der Waals surface area contributed by atoms with Crippen molar-refractivity contribution in [1.29, 1.82) is 0 Å². The first-order valence-corrected chi connectivity index (χ1v) is 7.76. The fraction of sp³-hybridized carbons (Fsp3) is 0.375. The highest BCUT2D eigenvalue weighted by atomic mass is 35.5. The summed E-state index contributed by atoms with van der Waals surface area (Å²) in [6.45, 7) is 2.57. The third-order valence-corrected chi connectivity index (χ3v) is 4.08.